The first-order chi connectivity index (χ1) is 6.70. The van der Waals surface area contributed by atoms with Crippen LogP contribution in [0.5, 0.6) is 5.75 Å². The molecule has 76 valence electrons. The molecule has 0 bridgehead atoms. The van der Waals surface area contributed by atoms with E-state index in [1.807, 2.05) is 0 Å². The molecule has 1 aromatic rings. The summed E-state index contributed by atoms with van der Waals surface area (Å²) in [5, 5.41) is 10.3. The van der Waals surface area contributed by atoms with Gasteiger partial charge in [-0.15, -0.1) is 11.6 Å². The molecule has 0 aromatic heterocycles. The quantitative estimate of drug-likeness (QED) is 0.678. The molecule has 0 saturated carbocycles. The second-order valence-corrected chi connectivity index (χ2v) is 3.87. The van der Waals surface area contributed by atoms with E-state index in [1.165, 1.54) is 0 Å². The van der Waals surface area contributed by atoms with Crippen LogP contribution in [0.4, 0.5) is 0 Å². The number of alkyl halides is 2. The molecule has 2 nitrogen and oxygen atoms in total. The molecule has 1 aromatic carbocycles. The van der Waals surface area contributed by atoms with Crippen molar-refractivity contribution in [2.75, 3.05) is 5.33 Å². The molecule has 0 unspecified atom stereocenters. The number of carbonyl (C=O) groups is 1. The van der Waals surface area contributed by atoms with E-state index in [0.29, 0.717) is 22.9 Å². The molecule has 0 aliphatic heterocycles. The Bertz CT molecular complexity index is 339. The van der Waals surface area contributed by atoms with Crippen LogP contribution < -0.4 is 0 Å². The number of hydrogen-bond acceptors (Lipinski definition) is 2. The lowest BCUT2D eigenvalue weighted by Crippen LogP contribution is -2.01. The van der Waals surface area contributed by atoms with Gasteiger partial charge in [0.25, 0.3) is 0 Å². The minimum Gasteiger partial charge on any atom is -0.507 e. The summed E-state index contributed by atoms with van der Waals surface area (Å²) in [6.45, 7) is 0. The van der Waals surface area contributed by atoms with Gasteiger partial charge in [-0.25, -0.2) is 0 Å². The van der Waals surface area contributed by atoms with Crippen LogP contribution in [0.2, 0.25) is 0 Å². The van der Waals surface area contributed by atoms with Crippen molar-refractivity contribution in [1.29, 1.82) is 0 Å². The van der Waals surface area contributed by atoms with Crippen LogP contribution in [0, 0.1) is 0 Å². The minimum absolute atomic E-state index is 0.00782. The highest BCUT2D eigenvalue weighted by atomic mass is 79.9. The van der Waals surface area contributed by atoms with Crippen molar-refractivity contribution >= 4 is 33.3 Å². The molecular weight excluding hydrogens is 267 g/mol. The lowest BCUT2D eigenvalue weighted by molar-refractivity contribution is 0.0987. The Kier molecular flexibility index (Phi) is 4.42. The van der Waals surface area contributed by atoms with Crippen LogP contribution in [-0.2, 0) is 5.88 Å². The van der Waals surface area contributed by atoms with E-state index in [9.17, 15) is 9.90 Å². The van der Waals surface area contributed by atoms with Gasteiger partial charge in [0.15, 0.2) is 5.78 Å². The maximum absolute atomic E-state index is 11.5. The number of rotatable bonds is 4. The first-order valence-electron chi connectivity index (χ1n) is 4.16. The Morgan fingerprint density at radius 3 is 2.79 bits per heavy atom. The van der Waals surface area contributed by atoms with Crippen molar-refractivity contribution in [2.24, 2.45) is 0 Å². The van der Waals surface area contributed by atoms with Crippen LogP contribution in [0.3, 0.4) is 0 Å². The highest BCUT2D eigenvalue weighted by Crippen LogP contribution is 2.25. The van der Waals surface area contributed by atoms with Crippen molar-refractivity contribution in [3.8, 4) is 5.75 Å². The zero-order valence-corrected chi connectivity index (χ0v) is 9.81. The summed E-state index contributed by atoms with van der Waals surface area (Å²) in [6, 6.07) is 5.03. The Balaban J connectivity index is 3.03. The summed E-state index contributed by atoms with van der Waals surface area (Å²) in [4.78, 5) is 11.5. The Labute approximate surface area is 96.0 Å². The van der Waals surface area contributed by atoms with Gasteiger partial charge >= 0.3 is 0 Å². The topological polar surface area (TPSA) is 37.3 Å². The van der Waals surface area contributed by atoms with Gasteiger partial charge in [0.2, 0.25) is 0 Å². The molecular formula is C10H10BrClO2. The van der Waals surface area contributed by atoms with E-state index >= 15 is 0 Å². The first kappa shape index (κ1) is 11.5. The van der Waals surface area contributed by atoms with Gasteiger partial charge in [-0.3, -0.25) is 4.79 Å². The maximum atomic E-state index is 11.5. The van der Waals surface area contributed by atoms with E-state index < -0.39 is 0 Å². The van der Waals surface area contributed by atoms with Crippen LogP contribution in [0.15, 0.2) is 18.2 Å². The molecule has 0 aliphatic rings. The van der Waals surface area contributed by atoms with Crippen molar-refractivity contribution < 1.29 is 9.90 Å². The van der Waals surface area contributed by atoms with Gasteiger partial charge in [0.05, 0.1) is 11.4 Å². The monoisotopic (exact) mass is 276 g/mol. The first-order valence-corrected chi connectivity index (χ1v) is 5.82. The molecule has 14 heavy (non-hydrogen) atoms. The van der Waals surface area contributed by atoms with Gasteiger partial charge < -0.3 is 5.11 Å². The summed E-state index contributed by atoms with van der Waals surface area (Å²) in [5.41, 5.74) is 0.940. The third-order valence-corrected chi connectivity index (χ3v) is 2.57. The molecule has 0 aliphatic carbocycles. The average Bonchev–Trinajstić information content (AvgIpc) is 2.18. The summed E-state index contributed by atoms with van der Waals surface area (Å²) in [6.07, 6.45) is 0.374. The number of Topliss-reactive ketones (excluding diaryl/α,β-unsaturated/α-hetero) is 1. The molecule has 1 N–H and O–H groups in total. The zero-order chi connectivity index (χ0) is 10.6. The Morgan fingerprint density at radius 1 is 1.50 bits per heavy atom. The number of benzene rings is 1. The van der Waals surface area contributed by atoms with Crippen LogP contribution >= 0.6 is 27.5 Å². The molecule has 0 heterocycles. The smallest absolute Gasteiger partial charge is 0.167 e. The number of carbonyl (C=O) groups excluding carboxylic acids is 1. The third-order valence-electron chi connectivity index (χ3n) is 1.89. The third kappa shape index (κ3) is 2.49. The van der Waals surface area contributed by atoms with Gasteiger partial charge in [-0.2, -0.15) is 0 Å². The molecule has 0 fully saturated rings. The van der Waals surface area contributed by atoms with E-state index in [-0.39, 0.29) is 17.4 Å². The number of phenols is 1. The fraction of sp³-hybridized carbons (Fsp3) is 0.300. The molecule has 1 rings (SSSR count). The molecule has 4 heteroatoms. The normalized spacial score (nSPS) is 10.1. The Hall–Kier alpha value is -0.540. The van der Waals surface area contributed by atoms with E-state index in [4.69, 9.17) is 11.6 Å². The lowest BCUT2D eigenvalue weighted by Gasteiger charge is -2.05. The summed E-state index contributed by atoms with van der Waals surface area (Å²) in [5.74, 6) is 0.140. The summed E-state index contributed by atoms with van der Waals surface area (Å²) < 4.78 is 0. The van der Waals surface area contributed by atoms with Crippen molar-refractivity contribution in [1.82, 2.24) is 0 Å². The van der Waals surface area contributed by atoms with E-state index in [0.717, 1.165) is 0 Å². The van der Waals surface area contributed by atoms with Gasteiger partial charge in [-0.05, 0) is 6.07 Å². The standard InChI is InChI=1S/C10H10BrClO2/c11-5-4-9(13)8-3-1-2-7(6-12)10(8)14/h1-3,14H,4-6H2. The van der Waals surface area contributed by atoms with Crippen molar-refractivity contribution in [3.05, 3.63) is 29.3 Å². The van der Waals surface area contributed by atoms with Crippen LogP contribution in [0.25, 0.3) is 0 Å². The minimum atomic E-state index is -0.0775. The fourth-order valence-corrected chi connectivity index (χ4v) is 1.72. The molecule has 0 amide bonds. The number of phenolic OH excluding ortho intramolecular Hbond substituents is 1. The molecule has 0 saturated heterocycles. The van der Waals surface area contributed by atoms with Crippen LogP contribution in [-0.4, -0.2) is 16.2 Å². The number of para-hydroxylation sites is 1. The molecule has 0 atom stereocenters. The van der Waals surface area contributed by atoms with Gasteiger partial charge in [0, 0.05) is 17.3 Å². The van der Waals surface area contributed by atoms with Gasteiger partial charge in [-0.1, -0.05) is 28.1 Å². The predicted octanol–water partition coefficient (Wildman–Crippen LogP) is 3.10. The van der Waals surface area contributed by atoms with Gasteiger partial charge in [0.1, 0.15) is 5.75 Å². The Morgan fingerprint density at radius 2 is 2.21 bits per heavy atom. The van der Waals surface area contributed by atoms with E-state index in [1.54, 1.807) is 18.2 Å². The van der Waals surface area contributed by atoms with E-state index in [2.05, 4.69) is 15.9 Å². The number of aromatic hydroxyl groups is 1. The lowest BCUT2D eigenvalue weighted by atomic mass is 10.0. The second-order valence-electron chi connectivity index (χ2n) is 2.81. The second kappa shape index (κ2) is 5.37. The van der Waals surface area contributed by atoms with Crippen LogP contribution in [0.1, 0.15) is 22.3 Å². The molecule has 0 radical (unpaired) electrons. The number of hydrogen-bond donors (Lipinski definition) is 1. The largest absolute Gasteiger partial charge is 0.507 e. The van der Waals surface area contributed by atoms with Crippen molar-refractivity contribution in [2.45, 2.75) is 12.3 Å². The summed E-state index contributed by atoms with van der Waals surface area (Å²) >= 11 is 8.78. The fourth-order valence-electron chi connectivity index (χ4n) is 1.14. The number of halogens is 2. The highest BCUT2D eigenvalue weighted by Gasteiger charge is 2.12. The predicted molar refractivity (Wildman–Crippen MR) is 60.4 cm³/mol. The summed E-state index contributed by atoms with van der Waals surface area (Å²) in [7, 11) is 0. The van der Waals surface area contributed by atoms with Crippen molar-refractivity contribution in [3.63, 3.8) is 0 Å². The highest BCUT2D eigenvalue weighted by molar-refractivity contribution is 9.09. The molecule has 0 spiro atoms. The zero-order valence-electron chi connectivity index (χ0n) is 7.46. The average molecular weight is 278 g/mol. The number of ketones is 1. The maximum Gasteiger partial charge on any atom is 0.167 e. The SMILES string of the molecule is O=C(CCBr)c1cccc(CCl)c1O.